The van der Waals surface area contributed by atoms with E-state index in [0.29, 0.717) is 6.04 Å². The number of rotatable bonds is 5. The number of hydrogen-bond acceptors (Lipinski definition) is 3. The summed E-state index contributed by atoms with van der Waals surface area (Å²) in [5.41, 5.74) is 5.10. The van der Waals surface area contributed by atoms with Gasteiger partial charge in [-0.15, -0.1) is 0 Å². The summed E-state index contributed by atoms with van der Waals surface area (Å²) in [4.78, 5) is 14.1. The summed E-state index contributed by atoms with van der Waals surface area (Å²) >= 11 is 0. The molecular formula is C13H25N3O. The summed E-state index contributed by atoms with van der Waals surface area (Å²) in [7, 11) is 4.05. The SMILES string of the molecule is CNC1(C(N)=O)CCCC(N(C)CC2CC2)C1. The Morgan fingerprint density at radius 2 is 2.18 bits per heavy atom. The fraction of sp³-hybridized carbons (Fsp3) is 0.923. The van der Waals surface area contributed by atoms with Crippen molar-refractivity contribution in [3.05, 3.63) is 0 Å². The van der Waals surface area contributed by atoms with Crippen molar-refractivity contribution in [1.29, 1.82) is 0 Å². The van der Waals surface area contributed by atoms with Crippen LogP contribution in [0.4, 0.5) is 0 Å². The molecule has 0 aromatic carbocycles. The van der Waals surface area contributed by atoms with Crippen LogP contribution < -0.4 is 11.1 Å². The van der Waals surface area contributed by atoms with E-state index in [-0.39, 0.29) is 5.91 Å². The quantitative estimate of drug-likeness (QED) is 0.743. The summed E-state index contributed by atoms with van der Waals surface area (Å²) in [5.74, 6) is 0.712. The van der Waals surface area contributed by atoms with Crippen molar-refractivity contribution in [2.45, 2.75) is 50.1 Å². The van der Waals surface area contributed by atoms with E-state index < -0.39 is 5.54 Å². The zero-order valence-electron chi connectivity index (χ0n) is 11.0. The third-order valence-corrected chi connectivity index (χ3v) is 4.54. The second-order valence-electron chi connectivity index (χ2n) is 5.83. The number of nitrogens with zero attached hydrogens (tertiary/aromatic N) is 1. The first kappa shape index (κ1) is 12.8. The van der Waals surface area contributed by atoms with Gasteiger partial charge in [-0.3, -0.25) is 4.79 Å². The van der Waals surface area contributed by atoms with Gasteiger partial charge in [0.15, 0.2) is 0 Å². The summed E-state index contributed by atoms with van der Waals surface area (Å²) in [6, 6.07) is 0.504. The van der Waals surface area contributed by atoms with Crippen LogP contribution in [-0.4, -0.2) is 43.0 Å². The molecule has 0 aromatic heterocycles. The van der Waals surface area contributed by atoms with Crippen LogP contribution in [0.25, 0.3) is 0 Å². The monoisotopic (exact) mass is 239 g/mol. The van der Waals surface area contributed by atoms with Gasteiger partial charge in [0.25, 0.3) is 0 Å². The second kappa shape index (κ2) is 4.94. The third kappa shape index (κ3) is 2.80. The van der Waals surface area contributed by atoms with Gasteiger partial charge < -0.3 is 16.0 Å². The maximum absolute atomic E-state index is 11.7. The average molecular weight is 239 g/mol. The lowest BCUT2D eigenvalue weighted by atomic mass is 9.78. The first-order chi connectivity index (χ1) is 8.07. The van der Waals surface area contributed by atoms with Crippen molar-refractivity contribution in [1.82, 2.24) is 10.2 Å². The average Bonchev–Trinajstić information content (AvgIpc) is 3.12. The highest BCUT2D eigenvalue weighted by Gasteiger charge is 2.41. The molecule has 0 bridgehead atoms. The van der Waals surface area contributed by atoms with Gasteiger partial charge in [-0.1, -0.05) is 0 Å². The van der Waals surface area contributed by atoms with Crippen LogP contribution in [0.2, 0.25) is 0 Å². The molecule has 2 atom stereocenters. The highest BCUT2D eigenvalue weighted by atomic mass is 16.1. The van der Waals surface area contributed by atoms with Gasteiger partial charge in [-0.25, -0.2) is 0 Å². The summed E-state index contributed by atoms with van der Waals surface area (Å²) in [6.45, 7) is 1.18. The van der Waals surface area contributed by atoms with E-state index in [1.807, 2.05) is 7.05 Å². The van der Waals surface area contributed by atoms with E-state index in [4.69, 9.17) is 5.73 Å². The zero-order chi connectivity index (χ0) is 12.5. The Kier molecular flexibility index (Phi) is 3.73. The van der Waals surface area contributed by atoms with E-state index in [1.165, 1.54) is 25.8 Å². The minimum atomic E-state index is -0.472. The first-order valence-electron chi connectivity index (χ1n) is 6.76. The molecule has 0 radical (unpaired) electrons. The second-order valence-corrected chi connectivity index (χ2v) is 5.83. The standard InChI is InChI=1S/C13H25N3O/c1-15-13(12(14)17)7-3-4-11(8-13)16(2)9-10-5-6-10/h10-11,15H,3-9H2,1-2H3,(H2,14,17). The predicted molar refractivity (Wildman–Crippen MR) is 68.6 cm³/mol. The smallest absolute Gasteiger partial charge is 0.237 e. The number of primary amides is 1. The molecule has 0 spiro atoms. The van der Waals surface area contributed by atoms with Crippen LogP contribution in [0.15, 0.2) is 0 Å². The van der Waals surface area contributed by atoms with Crippen LogP contribution in [-0.2, 0) is 4.79 Å². The Balaban J connectivity index is 1.96. The number of amides is 1. The van der Waals surface area contributed by atoms with Crippen molar-refractivity contribution in [2.24, 2.45) is 11.7 Å². The lowest BCUT2D eigenvalue weighted by Gasteiger charge is -2.41. The van der Waals surface area contributed by atoms with E-state index in [9.17, 15) is 4.79 Å². The lowest BCUT2D eigenvalue weighted by molar-refractivity contribution is -0.126. The maximum atomic E-state index is 11.7. The highest BCUT2D eigenvalue weighted by Crippen LogP contribution is 2.34. The van der Waals surface area contributed by atoms with Crippen molar-refractivity contribution in [2.75, 3.05) is 20.6 Å². The highest BCUT2D eigenvalue weighted by molar-refractivity contribution is 5.84. The van der Waals surface area contributed by atoms with Crippen molar-refractivity contribution >= 4 is 5.91 Å². The fourth-order valence-corrected chi connectivity index (χ4v) is 3.05. The van der Waals surface area contributed by atoms with Gasteiger partial charge in [-0.05, 0) is 58.5 Å². The minimum absolute atomic E-state index is 0.190. The van der Waals surface area contributed by atoms with E-state index in [1.54, 1.807) is 0 Å². The van der Waals surface area contributed by atoms with Crippen molar-refractivity contribution < 1.29 is 4.79 Å². The topological polar surface area (TPSA) is 58.4 Å². The Hall–Kier alpha value is -0.610. The van der Waals surface area contributed by atoms with Crippen LogP contribution in [0.5, 0.6) is 0 Å². The molecule has 98 valence electrons. The Labute approximate surface area is 104 Å². The van der Waals surface area contributed by atoms with Gasteiger partial charge >= 0.3 is 0 Å². The molecule has 2 aliphatic rings. The Morgan fingerprint density at radius 3 is 2.71 bits per heavy atom. The molecule has 2 saturated carbocycles. The van der Waals surface area contributed by atoms with E-state index in [0.717, 1.165) is 25.2 Å². The predicted octanol–water partition coefficient (Wildman–Crippen LogP) is 0.714. The van der Waals surface area contributed by atoms with Crippen LogP contribution in [0, 0.1) is 5.92 Å². The number of likely N-dealkylation sites (N-methyl/N-ethyl adjacent to an activating group) is 1. The molecule has 3 N–H and O–H groups in total. The van der Waals surface area contributed by atoms with Crippen molar-refractivity contribution in [3.63, 3.8) is 0 Å². The molecule has 2 fully saturated rings. The Bertz CT molecular complexity index is 290. The molecule has 0 saturated heterocycles. The number of carbonyl (C=O) groups is 1. The number of nitrogens with one attached hydrogen (secondary N) is 1. The first-order valence-corrected chi connectivity index (χ1v) is 6.76. The van der Waals surface area contributed by atoms with Crippen LogP contribution in [0.3, 0.4) is 0 Å². The third-order valence-electron chi connectivity index (χ3n) is 4.54. The Morgan fingerprint density at radius 1 is 1.47 bits per heavy atom. The van der Waals surface area contributed by atoms with Crippen LogP contribution >= 0.6 is 0 Å². The largest absolute Gasteiger partial charge is 0.368 e. The summed E-state index contributed by atoms with van der Waals surface area (Å²) in [6.07, 6.45) is 6.78. The zero-order valence-corrected chi connectivity index (χ0v) is 11.0. The fourth-order valence-electron chi connectivity index (χ4n) is 3.05. The van der Waals surface area contributed by atoms with Gasteiger partial charge in [0.2, 0.25) is 5.91 Å². The summed E-state index contributed by atoms with van der Waals surface area (Å²) < 4.78 is 0. The number of nitrogens with two attached hydrogens (primary N) is 1. The molecule has 0 aliphatic heterocycles. The molecule has 17 heavy (non-hydrogen) atoms. The molecule has 2 aliphatic carbocycles. The molecular weight excluding hydrogens is 214 g/mol. The normalized spacial score (nSPS) is 33.9. The van der Waals surface area contributed by atoms with Gasteiger partial charge in [0.05, 0.1) is 5.54 Å². The summed E-state index contributed by atoms with van der Waals surface area (Å²) in [5, 5.41) is 3.17. The van der Waals surface area contributed by atoms with E-state index >= 15 is 0 Å². The molecule has 2 unspecified atom stereocenters. The van der Waals surface area contributed by atoms with Gasteiger partial charge in [-0.2, -0.15) is 0 Å². The molecule has 1 amide bonds. The molecule has 4 heteroatoms. The van der Waals surface area contributed by atoms with Gasteiger partial charge in [0.1, 0.15) is 0 Å². The van der Waals surface area contributed by atoms with Crippen LogP contribution in [0.1, 0.15) is 38.5 Å². The molecule has 4 nitrogen and oxygen atoms in total. The van der Waals surface area contributed by atoms with Crippen molar-refractivity contribution in [3.8, 4) is 0 Å². The number of hydrogen-bond donors (Lipinski definition) is 2. The van der Waals surface area contributed by atoms with E-state index in [2.05, 4.69) is 17.3 Å². The maximum Gasteiger partial charge on any atom is 0.237 e. The number of carbonyl (C=O) groups excluding carboxylic acids is 1. The van der Waals surface area contributed by atoms with Gasteiger partial charge in [0, 0.05) is 12.6 Å². The molecule has 2 rings (SSSR count). The minimum Gasteiger partial charge on any atom is -0.368 e. The molecule has 0 heterocycles. The lowest BCUT2D eigenvalue weighted by Crippen LogP contribution is -2.59. The molecule has 0 aromatic rings.